The number of fused-ring (bicyclic) bond motifs is 8. The van der Waals surface area contributed by atoms with Gasteiger partial charge in [0.05, 0.1) is 45.6 Å². The summed E-state index contributed by atoms with van der Waals surface area (Å²) in [7, 11) is 0. The summed E-state index contributed by atoms with van der Waals surface area (Å²) in [6.07, 6.45) is 40.7. The van der Waals surface area contributed by atoms with Crippen LogP contribution in [-0.4, -0.2) is 24.9 Å². The van der Waals surface area contributed by atoms with Gasteiger partial charge in [-0.3, -0.25) is 9.97 Å². The van der Waals surface area contributed by atoms with E-state index in [1.807, 2.05) is 71.5 Å². The average Bonchev–Trinajstić information content (AvgIpc) is 1.60. The summed E-state index contributed by atoms with van der Waals surface area (Å²) in [5.74, 6) is 0. The van der Waals surface area contributed by atoms with Gasteiger partial charge >= 0.3 is 19.5 Å². The second kappa shape index (κ2) is 36.7. The summed E-state index contributed by atoms with van der Waals surface area (Å²) in [6, 6.07) is 54.0. The second-order valence-corrected chi connectivity index (χ2v) is 37.2. The van der Waals surface area contributed by atoms with Crippen LogP contribution in [0.4, 0.5) is 0 Å². The number of aryl methyl sites for hydroxylation is 2. The minimum Gasteiger partial charge on any atom is -0.657 e. The van der Waals surface area contributed by atoms with Gasteiger partial charge in [0.25, 0.3) is 0 Å². The molecule has 11 aromatic rings. The molecule has 2 aliphatic rings. The quantitative estimate of drug-likeness (QED) is 0.0327. The number of hydrogen-bond acceptors (Lipinski definition) is 7. The molecule has 0 unspecified atom stereocenters. The van der Waals surface area contributed by atoms with E-state index in [0.29, 0.717) is 0 Å². The van der Waals surface area contributed by atoms with Crippen LogP contribution in [0.2, 0.25) is 0 Å². The molecule has 0 aliphatic carbocycles. The molecule has 10 heteroatoms. The summed E-state index contributed by atoms with van der Waals surface area (Å²) in [6.45, 7) is 32.6. The molecule has 13 rings (SSSR count). The van der Waals surface area contributed by atoms with Crippen LogP contribution in [0.1, 0.15) is 282 Å². The monoisotopic (exact) mass is 1560 g/mol. The zero-order chi connectivity index (χ0) is 77.2. The zero-order valence-electron chi connectivity index (χ0n) is 69.1. The molecule has 8 aromatic heterocycles. The molecule has 7 nitrogen and oxygen atoms in total. The minimum atomic E-state index is -0.133. The van der Waals surface area contributed by atoms with Crippen LogP contribution in [0.3, 0.4) is 0 Å². The first-order chi connectivity index (χ1) is 53.0. The van der Waals surface area contributed by atoms with Gasteiger partial charge in [0, 0.05) is 38.2 Å². The van der Waals surface area contributed by atoms with Crippen LogP contribution in [-0.2, 0) is 54.0 Å². The maximum Gasteiger partial charge on any atom is 2.00 e. The molecule has 0 amide bonds. The third-order valence-electron chi connectivity index (χ3n) is 22.3. The molecule has 111 heavy (non-hydrogen) atoms. The molecule has 3 aromatic carbocycles. The van der Waals surface area contributed by atoms with Gasteiger partial charge in [-0.15, -0.1) is 44.7 Å². The molecule has 0 saturated heterocycles. The van der Waals surface area contributed by atoms with Crippen LogP contribution in [0, 0.1) is 0 Å². The van der Waals surface area contributed by atoms with Crippen LogP contribution < -0.4 is 9.97 Å². The fraction of sp³-hybridized carbons (Fsp3) is 0.396. The van der Waals surface area contributed by atoms with E-state index in [1.165, 1.54) is 171 Å². The second-order valence-electron chi connectivity index (χ2n) is 35.2. The van der Waals surface area contributed by atoms with E-state index in [-0.39, 0.29) is 41.1 Å². The fourth-order valence-electron chi connectivity index (χ4n) is 15.5. The molecule has 0 radical (unpaired) electrons. The van der Waals surface area contributed by atoms with Gasteiger partial charge in [0.15, 0.2) is 0 Å². The summed E-state index contributed by atoms with van der Waals surface area (Å²) < 4.78 is 0. The van der Waals surface area contributed by atoms with Crippen LogP contribution in [0.5, 0.6) is 0 Å². The molecular weight excluding hydrogens is 1440 g/mol. The van der Waals surface area contributed by atoms with Crippen LogP contribution in [0.15, 0.2) is 163 Å². The molecule has 10 heterocycles. The molecule has 2 aliphatic heterocycles. The first-order valence-corrected chi connectivity index (χ1v) is 43.2. The Bertz CT molecular complexity index is 5010. The molecule has 0 fully saturated rings. The van der Waals surface area contributed by atoms with Gasteiger partial charge in [-0.1, -0.05) is 310 Å². The zero-order valence-corrected chi connectivity index (χ0v) is 73.7. The SMILES string of the molecule is CCCCCCCCCCCCc1csc(-c2c3nc(c(-c4cc(C(C)(C)C)cc(C(C)(C)C)c4)c4ccc([n-]4)c(-c4cc(CCCCCCCCCCCC)c(-c5ccc(-c6cc(-c7ccccn7)nc(-c7ccccn7)c6)cc5)s4)c4nc(c(-c5cc(C(C)(C)C)cc(C(C)(C)C)c5)c5ccc2[n-]5)C=C4)C=C3)c1.[Zn+2]. The van der Waals surface area contributed by atoms with Gasteiger partial charge in [0.2, 0.25) is 0 Å². The first-order valence-electron chi connectivity index (χ1n) is 41.5. The van der Waals surface area contributed by atoms with Crippen molar-refractivity contribution in [3.63, 3.8) is 0 Å². The Morgan fingerprint density at radius 2 is 0.703 bits per heavy atom. The van der Waals surface area contributed by atoms with E-state index in [2.05, 4.69) is 236 Å². The smallest absolute Gasteiger partial charge is 0.657 e. The third kappa shape index (κ3) is 20.4. The normalized spacial score (nSPS) is 12.5. The van der Waals surface area contributed by atoms with Crippen molar-refractivity contribution in [1.82, 2.24) is 34.9 Å². The largest absolute Gasteiger partial charge is 2.00 e. The van der Waals surface area contributed by atoms with E-state index in [0.717, 1.165) is 136 Å². The predicted molar refractivity (Wildman–Crippen MR) is 475 cm³/mol. The summed E-state index contributed by atoms with van der Waals surface area (Å²) in [4.78, 5) is 41.9. The Kier molecular flexibility index (Phi) is 27.2. The predicted octanol–water partition coefficient (Wildman–Crippen LogP) is 29.7. The Balaban J connectivity index is 0.0000114. The molecular formula is C101H117N7S2Zn. The molecule has 0 saturated carbocycles. The van der Waals surface area contributed by atoms with Crippen molar-refractivity contribution < 1.29 is 19.5 Å². The number of hydrogen-bond donors (Lipinski definition) is 0. The van der Waals surface area contributed by atoms with E-state index in [9.17, 15) is 0 Å². The molecule has 8 bridgehead atoms. The van der Waals surface area contributed by atoms with Gasteiger partial charge in [0.1, 0.15) is 0 Å². The summed E-state index contributed by atoms with van der Waals surface area (Å²) in [5.41, 5.74) is 27.3. The van der Waals surface area contributed by atoms with E-state index in [1.54, 1.807) is 0 Å². The number of unbranched alkanes of at least 4 members (excludes halogenated alkanes) is 18. The van der Waals surface area contributed by atoms with Gasteiger partial charge in [-0.05, 0) is 198 Å². The Morgan fingerprint density at radius 1 is 0.324 bits per heavy atom. The third-order valence-corrected chi connectivity index (χ3v) is 24.5. The van der Waals surface area contributed by atoms with E-state index in [4.69, 9.17) is 34.9 Å². The average molecular weight is 1560 g/mol. The van der Waals surface area contributed by atoms with Crippen molar-refractivity contribution >= 4 is 69.0 Å². The first kappa shape index (κ1) is 82.2. The Labute approximate surface area is 685 Å². The van der Waals surface area contributed by atoms with E-state index >= 15 is 0 Å². The summed E-state index contributed by atoms with van der Waals surface area (Å²) in [5, 5.41) is 2.39. The van der Waals surface area contributed by atoms with Gasteiger partial charge in [-0.25, -0.2) is 15.0 Å². The molecule has 0 N–H and O–H groups in total. The Hall–Kier alpha value is -8.27. The maximum absolute atomic E-state index is 5.98. The van der Waals surface area contributed by atoms with Crippen molar-refractivity contribution in [2.45, 2.75) is 260 Å². The number of pyridine rings is 3. The number of rotatable bonds is 30. The van der Waals surface area contributed by atoms with Gasteiger partial charge < -0.3 is 9.97 Å². The fourth-order valence-corrected chi connectivity index (χ4v) is 17.8. The van der Waals surface area contributed by atoms with Crippen molar-refractivity contribution in [3.8, 4) is 87.5 Å². The summed E-state index contributed by atoms with van der Waals surface area (Å²) >= 11 is 3.70. The van der Waals surface area contributed by atoms with E-state index < -0.39 is 0 Å². The van der Waals surface area contributed by atoms with Crippen molar-refractivity contribution in [3.05, 3.63) is 220 Å². The minimum absolute atomic E-state index is 0. The van der Waals surface area contributed by atoms with Crippen molar-refractivity contribution in [2.75, 3.05) is 0 Å². The maximum atomic E-state index is 5.98. The topological polar surface area (TPSA) is 92.7 Å². The molecule has 0 atom stereocenters. The number of aromatic nitrogens is 7. The molecule has 570 valence electrons. The number of benzene rings is 3. The standard InChI is InChI=1S/C101H117N7S2.Zn/c1-15-17-19-21-23-25-27-29-31-33-39-68-57-91(109-67-68)95-85-51-47-81(104-85)93(73-58-75(98(3,4)5)65-76(59-73)99(6,7)8)83-49-53-87(106-83)96(88-54-50-84(107-88)94(82-48-52-86(95)105-82)74-60-77(100(9,10)11)66-78(61-74)101(12,13)14)92-64-71(40-34-32-30-28-26-24-22-20-18-16-2)97(110-92)70-45-43-69(44-46-70)72-62-89(79-41-35-37-55-102-79)108-90(63-72)80-42-36-38-56-103-80;/h35-38,41-67H,15-34,39-40H2,1-14H3;/q-2;+2. The Morgan fingerprint density at radius 3 is 1.11 bits per heavy atom. The molecule has 0 spiro atoms. The van der Waals surface area contributed by atoms with Crippen LogP contribution in [0.25, 0.3) is 134 Å². The van der Waals surface area contributed by atoms with Crippen LogP contribution >= 0.6 is 22.7 Å². The number of nitrogens with zero attached hydrogens (tertiary/aromatic N) is 7. The van der Waals surface area contributed by atoms with Crippen molar-refractivity contribution in [2.24, 2.45) is 0 Å². The number of thiophene rings is 2. The van der Waals surface area contributed by atoms with Crippen molar-refractivity contribution in [1.29, 1.82) is 0 Å². The van der Waals surface area contributed by atoms with Gasteiger partial charge in [-0.2, -0.15) is 0 Å².